The van der Waals surface area contributed by atoms with Crippen LogP contribution in [-0.2, 0) is 11.2 Å². The van der Waals surface area contributed by atoms with Crippen LogP contribution in [0.25, 0.3) is 5.69 Å². The average molecular weight is 314 g/mol. The molecule has 0 saturated heterocycles. The van der Waals surface area contributed by atoms with Crippen LogP contribution in [0.3, 0.4) is 0 Å². The quantitative estimate of drug-likeness (QED) is 0.803. The Kier molecular flexibility index (Phi) is 4.11. The first kappa shape index (κ1) is 14.2. The van der Waals surface area contributed by atoms with Crippen molar-refractivity contribution in [3.63, 3.8) is 0 Å². The molecule has 3 aromatic rings. The minimum Gasteiger partial charge on any atom is -0.322 e. The number of anilines is 1. The number of amides is 1. The average Bonchev–Trinajstić information content (AvgIpc) is 2.90. The highest BCUT2D eigenvalue weighted by Gasteiger charge is 2.12. The summed E-state index contributed by atoms with van der Waals surface area (Å²) in [5, 5.41) is 7.11. The molecule has 1 amide bonds. The van der Waals surface area contributed by atoms with E-state index in [1.807, 2.05) is 12.1 Å². The number of carbonyl (C=O) groups excluding carboxylic acids is 1. The van der Waals surface area contributed by atoms with E-state index in [0.717, 1.165) is 5.69 Å². The summed E-state index contributed by atoms with van der Waals surface area (Å²) in [6, 6.07) is 9.07. The van der Waals surface area contributed by atoms with E-state index < -0.39 is 0 Å². The molecule has 0 aliphatic carbocycles. The second kappa shape index (κ2) is 6.36. The number of halogens is 1. The number of nitrogens with zero attached hydrogens (tertiary/aromatic N) is 4. The van der Waals surface area contributed by atoms with Crippen LogP contribution in [0.5, 0.6) is 0 Å². The molecule has 0 spiro atoms. The summed E-state index contributed by atoms with van der Waals surface area (Å²) in [6.07, 6.45) is 6.80. The lowest BCUT2D eigenvalue weighted by Gasteiger charge is -2.02. The minimum absolute atomic E-state index is 0.176. The van der Waals surface area contributed by atoms with Crippen LogP contribution < -0.4 is 5.32 Å². The number of pyridine rings is 2. The van der Waals surface area contributed by atoms with Crippen molar-refractivity contribution in [3.8, 4) is 5.69 Å². The highest BCUT2D eigenvalue weighted by atomic mass is 35.5. The van der Waals surface area contributed by atoms with Gasteiger partial charge in [0.1, 0.15) is 0 Å². The van der Waals surface area contributed by atoms with Gasteiger partial charge in [0.05, 0.1) is 30.2 Å². The van der Waals surface area contributed by atoms with E-state index in [9.17, 15) is 4.79 Å². The topological polar surface area (TPSA) is 72.7 Å². The minimum atomic E-state index is -0.202. The fourth-order valence-electron chi connectivity index (χ4n) is 1.92. The molecule has 1 N–H and O–H groups in total. The Morgan fingerprint density at radius 3 is 2.86 bits per heavy atom. The molecule has 6 nitrogen and oxygen atoms in total. The first-order chi connectivity index (χ1) is 10.7. The zero-order chi connectivity index (χ0) is 15.4. The van der Waals surface area contributed by atoms with Crippen LogP contribution in [-0.4, -0.2) is 25.7 Å². The number of carbonyl (C=O) groups is 1. The molecule has 110 valence electrons. The largest absolute Gasteiger partial charge is 0.322 e. The van der Waals surface area contributed by atoms with Crippen LogP contribution in [0.1, 0.15) is 5.69 Å². The van der Waals surface area contributed by atoms with Gasteiger partial charge in [0.2, 0.25) is 5.91 Å². The van der Waals surface area contributed by atoms with E-state index >= 15 is 0 Å². The van der Waals surface area contributed by atoms with Gasteiger partial charge in [-0.25, -0.2) is 4.68 Å². The van der Waals surface area contributed by atoms with E-state index in [-0.39, 0.29) is 17.5 Å². The molecule has 0 aliphatic rings. The molecule has 0 radical (unpaired) electrons. The zero-order valence-corrected chi connectivity index (χ0v) is 12.2. The lowest BCUT2D eigenvalue weighted by molar-refractivity contribution is -0.115. The third-order valence-electron chi connectivity index (χ3n) is 2.92. The second-order valence-electron chi connectivity index (χ2n) is 4.54. The van der Waals surface area contributed by atoms with E-state index in [2.05, 4.69) is 20.4 Å². The van der Waals surface area contributed by atoms with Gasteiger partial charge in [-0.1, -0.05) is 17.7 Å². The van der Waals surface area contributed by atoms with Crippen molar-refractivity contribution in [1.82, 2.24) is 19.7 Å². The maximum atomic E-state index is 12.0. The number of aromatic nitrogens is 4. The zero-order valence-electron chi connectivity index (χ0n) is 11.5. The molecular weight excluding hydrogens is 302 g/mol. The SMILES string of the molecule is O=C(Cc1ccccn1)Nc1cn(-c2cccnc2)nc1Cl. The number of rotatable bonds is 4. The Bertz CT molecular complexity index is 773. The van der Waals surface area contributed by atoms with Gasteiger partial charge >= 0.3 is 0 Å². The first-order valence-corrected chi connectivity index (χ1v) is 6.95. The maximum Gasteiger partial charge on any atom is 0.230 e. The third-order valence-corrected chi connectivity index (χ3v) is 3.20. The molecule has 0 saturated carbocycles. The summed E-state index contributed by atoms with van der Waals surface area (Å²) >= 11 is 6.06. The summed E-state index contributed by atoms with van der Waals surface area (Å²) in [4.78, 5) is 20.2. The highest BCUT2D eigenvalue weighted by molar-refractivity contribution is 6.32. The summed E-state index contributed by atoms with van der Waals surface area (Å²) < 4.78 is 1.56. The van der Waals surface area contributed by atoms with Crippen LogP contribution in [0, 0.1) is 0 Å². The van der Waals surface area contributed by atoms with Crippen LogP contribution in [0.4, 0.5) is 5.69 Å². The van der Waals surface area contributed by atoms with Crippen LogP contribution >= 0.6 is 11.6 Å². The number of hydrogen-bond acceptors (Lipinski definition) is 4. The Balaban J connectivity index is 1.73. The van der Waals surface area contributed by atoms with Crippen molar-refractivity contribution in [1.29, 1.82) is 0 Å². The molecule has 22 heavy (non-hydrogen) atoms. The molecule has 7 heteroatoms. The van der Waals surface area contributed by atoms with Crippen LogP contribution in [0.15, 0.2) is 55.1 Å². The van der Waals surface area contributed by atoms with Crippen molar-refractivity contribution < 1.29 is 4.79 Å². The molecule has 0 bridgehead atoms. The summed E-state index contributed by atoms with van der Waals surface area (Å²) in [5.41, 5.74) is 1.90. The van der Waals surface area contributed by atoms with Crippen molar-refractivity contribution >= 4 is 23.2 Å². The lowest BCUT2D eigenvalue weighted by Crippen LogP contribution is -2.14. The standard InChI is InChI=1S/C15H12ClN5O/c16-15-13(10-21(20-15)12-5-3-6-17-9-12)19-14(22)8-11-4-1-2-7-18-11/h1-7,9-10H,8H2,(H,19,22). The van der Waals surface area contributed by atoms with E-state index in [1.165, 1.54) is 0 Å². The Morgan fingerprint density at radius 1 is 1.23 bits per heavy atom. The van der Waals surface area contributed by atoms with Gasteiger partial charge in [-0.2, -0.15) is 5.10 Å². The van der Waals surface area contributed by atoms with Crippen molar-refractivity contribution in [2.75, 3.05) is 5.32 Å². The number of nitrogens with one attached hydrogen (secondary N) is 1. The molecule has 3 rings (SSSR count). The van der Waals surface area contributed by atoms with Crippen molar-refractivity contribution in [2.24, 2.45) is 0 Å². The molecule has 3 aromatic heterocycles. The molecular formula is C15H12ClN5O. The van der Waals surface area contributed by atoms with Crippen LogP contribution in [0.2, 0.25) is 5.15 Å². The van der Waals surface area contributed by atoms with Gasteiger partial charge in [0.25, 0.3) is 0 Å². The molecule has 0 unspecified atom stereocenters. The molecule has 0 aliphatic heterocycles. The van der Waals surface area contributed by atoms with E-state index in [0.29, 0.717) is 11.4 Å². The fourth-order valence-corrected chi connectivity index (χ4v) is 2.10. The van der Waals surface area contributed by atoms with Gasteiger partial charge < -0.3 is 5.32 Å². The molecule has 3 heterocycles. The Morgan fingerprint density at radius 2 is 2.14 bits per heavy atom. The predicted molar refractivity (Wildman–Crippen MR) is 82.9 cm³/mol. The summed E-state index contributed by atoms with van der Waals surface area (Å²) in [6.45, 7) is 0. The first-order valence-electron chi connectivity index (χ1n) is 6.58. The van der Waals surface area contributed by atoms with E-state index in [4.69, 9.17) is 11.6 Å². The van der Waals surface area contributed by atoms with E-state index in [1.54, 1.807) is 47.7 Å². The fraction of sp³-hybridized carbons (Fsp3) is 0.0667. The Labute approximate surface area is 131 Å². The molecule has 0 atom stereocenters. The summed E-state index contributed by atoms with van der Waals surface area (Å²) in [7, 11) is 0. The van der Waals surface area contributed by atoms with Crippen molar-refractivity contribution in [3.05, 3.63) is 66.0 Å². The smallest absolute Gasteiger partial charge is 0.230 e. The normalized spacial score (nSPS) is 10.4. The lowest BCUT2D eigenvalue weighted by atomic mass is 10.2. The second-order valence-corrected chi connectivity index (χ2v) is 4.89. The third kappa shape index (κ3) is 3.29. The van der Waals surface area contributed by atoms with Gasteiger partial charge in [0.15, 0.2) is 5.15 Å². The highest BCUT2D eigenvalue weighted by Crippen LogP contribution is 2.21. The van der Waals surface area contributed by atoms with Crippen molar-refractivity contribution in [2.45, 2.75) is 6.42 Å². The molecule has 0 fully saturated rings. The van der Waals surface area contributed by atoms with Gasteiger partial charge in [-0.05, 0) is 24.3 Å². The molecule has 0 aromatic carbocycles. The van der Waals surface area contributed by atoms with Gasteiger partial charge in [0, 0.05) is 18.1 Å². The monoisotopic (exact) mass is 313 g/mol. The predicted octanol–water partition coefficient (Wildman–Crippen LogP) is 2.50. The van der Waals surface area contributed by atoms with Gasteiger partial charge in [-0.15, -0.1) is 0 Å². The number of hydrogen-bond donors (Lipinski definition) is 1. The summed E-state index contributed by atoms with van der Waals surface area (Å²) in [5.74, 6) is -0.202. The Hall–Kier alpha value is -2.73. The maximum absolute atomic E-state index is 12.0. The van der Waals surface area contributed by atoms with Gasteiger partial charge in [-0.3, -0.25) is 14.8 Å².